The van der Waals surface area contributed by atoms with E-state index in [1.807, 2.05) is 0 Å². The van der Waals surface area contributed by atoms with Gasteiger partial charge < -0.3 is 20.5 Å². The van der Waals surface area contributed by atoms with E-state index in [1.54, 1.807) is 6.07 Å². The van der Waals surface area contributed by atoms with Crippen molar-refractivity contribution in [1.29, 1.82) is 0 Å². The first-order valence-electron chi connectivity index (χ1n) is 7.03. The number of amides is 1. The van der Waals surface area contributed by atoms with Crippen LogP contribution in [0.5, 0.6) is 11.5 Å². The molecule has 0 aromatic heterocycles. The van der Waals surface area contributed by atoms with Crippen LogP contribution in [0.2, 0.25) is 0 Å². The second kappa shape index (κ2) is 7.28. The molecule has 2 rings (SSSR count). The highest BCUT2D eigenvalue weighted by atomic mass is 16.5. The van der Waals surface area contributed by atoms with Crippen molar-refractivity contribution < 1.29 is 23.9 Å². The summed E-state index contributed by atoms with van der Waals surface area (Å²) in [4.78, 5) is 34.3. The van der Waals surface area contributed by atoms with Gasteiger partial charge in [-0.25, -0.2) is 0 Å². The lowest BCUT2D eigenvalue weighted by Crippen LogP contribution is -2.14. The van der Waals surface area contributed by atoms with Crippen LogP contribution < -0.4 is 20.5 Å². The molecule has 0 unspecified atom stereocenters. The highest BCUT2D eigenvalue weighted by Gasteiger charge is 2.12. The van der Waals surface area contributed by atoms with Crippen LogP contribution in [-0.4, -0.2) is 17.8 Å². The molecule has 0 heterocycles. The van der Waals surface area contributed by atoms with Gasteiger partial charge >= 0.3 is 11.9 Å². The third-order valence-corrected chi connectivity index (χ3v) is 2.88. The molecule has 3 N–H and O–H groups in total. The summed E-state index contributed by atoms with van der Waals surface area (Å²) < 4.78 is 9.93. The summed E-state index contributed by atoms with van der Waals surface area (Å²) in [7, 11) is 0. The average Bonchev–Trinajstić information content (AvgIpc) is 2.49. The van der Waals surface area contributed by atoms with Gasteiger partial charge in [-0.3, -0.25) is 14.4 Å². The number of nitrogens with two attached hydrogens (primary N) is 1. The molecule has 0 radical (unpaired) electrons. The molecule has 0 saturated carbocycles. The maximum atomic E-state index is 12.3. The van der Waals surface area contributed by atoms with Gasteiger partial charge in [0.2, 0.25) is 0 Å². The summed E-state index contributed by atoms with van der Waals surface area (Å²) >= 11 is 0. The SMILES string of the molecule is CC(=O)Oc1ccc(C(=O)Nc2cc(N)ccc2OC(C)=O)cc1. The molecule has 0 atom stereocenters. The fourth-order valence-electron chi connectivity index (χ4n) is 1.92. The van der Waals surface area contributed by atoms with E-state index in [-0.39, 0.29) is 11.4 Å². The van der Waals surface area contributed by atoms with E-state index in [4.69, 9.17) is 15.2 Å². The van der Waals surface area contributed by atoms with Crippen LogP contribution in [-0.2, 0) is 9.59 Å². The van der Waals surface area contributed by atoms with Crippen LogP contribution >= 0.6 is 0 Å². The number of hydrogen-bond donors (Lipinski definition) is 2. The van der Waals surface area contributed by atoms with Gasteiger partial charge in [0.25, 0.3) is 5.91 Å². The molecule has 0 spiro atoms. The van der Waals surface area contributed by atoms with Crippen molar-refractivity contribution in [2.75, 3.05) is 11.1 Å². The number of nitrogen functional groups attached to an aromatic ring is 1. The third kappa shape index (κ3) is 4.57. The Hall–Kier alpha value is -3.35. The third-order valence-electron chi connectivity index (χ3n) is 2.88. The molecule has 7 heteroatoms. The minimum absolute atomic E-state index is 0.196. The van der Waals surface area contributed by atoms with Crippen molar-refractivity contribution in [3.8, 4) is 11.5 Å². The zero-order chi connectivity index (χ0) is 17.7. The van der Waals surface area contributed by atoms with Crippen molar-refractivity contribution in [2.24, 2.45) is 0 Å². The minimum Gasteiger partial charge on any atom is -0.427 e. The summed E-state index contributed by atoms with van der Waals surface area (Å²) in [5, 5.41) is 2.63. The van der Waals surface area contributed by atoms with E-state index in [2.05, 4.69) is 5.32 Å². The second-order valence-electron chi connectivity index (χ2n) is 4.92. The van der Waals surface area contributed by atoms with Gasteiger partial charge in [0, 0.05) is 25.1 Å². The highest BCUT2D eigenvalue weighted by Crippen LogP contribution is 2.27. The summed E-state index contributed by atoms with van der Waals surface area (Å²) in [6, 6.07) is 10.6. The molecule has 0 aliphatic heterocycles. The lowest BCUT2D eigenvalue weighted by atomic mass is 10.2. The monoisotopic (exact) mass is 328 g/mol. The number of esters is 2. The Morgan fingerprint density at radius 2 is 1.54 bits per heavy atom. The Morgan fingerprint density at radius 1 is 0.917 bits per heavy atom. The molecular formula is C17H16N2O5. The lowest BCUT2D eigenvalue weighted by Gasteiger charge is -2.11. The molecule has 2 aromatic rings. The largest absolute Gasteiger partial charge is 0.427 e. The van der Waals surface area contributed by atoms with Crippen molar-refractivity contribution in [3.63, 3.8) is 0 Å². The number of rotatable bonds is 4. The number of carbonyl (C=O) groups excluding carboxylic acids is 3. The molecule has 1 amide bonds. The van der Waals surface area contributed by atoms with Gasteiger partial charge in [-0.05, 0) is 42.5 Å². The van der Waals surface area contributed by atoms with Crippen LogP contribution in [0, 0.1) is 0 Å². The number of ether oxygens (including phenoxy) is 2. The zero-order valence-corrected chi connectivity index (χ0v) is 13.2. The van der Waals surface area contributed by atoms with Crippen molar-refractivity contribution in [3.05, 3.63) is 48.0 Å². The first kappa shape index (κ1) is 17.0. The number of benzene rings is 2. The number of anilines is 2. The average molecular weight is 328 g/mol. The first-order valence-corrected chi connectivity index (χ1v) is 7.03. The highest BCUT2D eigenvalue weighted by molar-refractivity contribution is 6.05. The van der Waals surface area contributed by atoms with E-state index in [9.17, 15) is 14.4 Å². The Morgan fingerprint density at radius 3 is 2.12 bits per heavy atom. The lowest BCUT2D eigenvalue weighted by molar-refractivity contribution is -0.132. The van der Waals surface area contributed by atoms with E-state index >= 15 is 0 Å². The maximum Gasteiger partial charge on any atom is 0.308 e. The van der Waals surface area contributed by atoms with Gasteiger partial charge in [-0.1, -0.05) is 0 Å². The maximum absolute atomic E-state index is 12.3. The summed E-state index contributed by atoms with van der Waals surface area (Å²) in [6.07, 6.45) is 0. The van der Waals surface area contributed by atoms with Gasteiger partial charge in [-0.2, -0.15) is 0 Å². The van der Waals surface area contributed by atoms with Crippen LogP contribution in [0.15, 0.2) is 42.5 Å². The summed E-state index contributed by atoms with van der Waals surface area (Å²) in [6.45, 7) is 2.55. The molecule has 0 bridgehead atoms. The Balaban J connectivity index is 2.18. The number of carbonyl (C=O) groups is 3. The molecular weight excluding hydrogens is 312 g/mol. The predicted molar refractivity (Wildman–Crippen MR) is 87.9 cm³/mol. The standard InChI is InChI=1S/C17H16N2O5/c1-10(20)23-14-6-3-12(4-7-14)17(22)19-15-9-13(18)5-8-16(15)24-11(2)21/h3-9H,18H2,1-2H3,(H,19,22). The van der Waals surface area contributed by atoms with Gasteiger partial charge in [0.15, 0.2) is 5.75 Å². The van der Waals surface area contributed by atoms with Crippen molar-refractivity contribution in [2.45, 2.75) is 13.8 Å². The van der Waals surface area contributed by atoms with Crippen LogP contribution in [0.1, 0.15) is 24.2 Å². The van der Waals surface area contributed by atoms with Crippen LogP contribution in [0.4, 0.5) is 11.4 Å². The minimum atomic E-state index is -0.513. The Labute approximate surface area is 138 Å². The fraction of sp³-hybridized carbons (Fsp3) is 0.118. The smallest absolute Gasteiger partial charge is 0.308 e. The van der Waals surface area contributed by atoms with E-state index in [0.29, 0.717) is 17.0 Å². The zero-order valence-electron chi connectivity index (χ0n) is 13.2. The quantitative estimate of drug-likeness (QED) is 0.507. The Kier molecular flexibility index (Phi) is 5.16. The summed E-state index contributed by atoms with van der Waals surface area (Å²) in [5.74, 6) is -0.854. The van der Waals surface area contributed by atoms with Crippen LogP contribution in [0.3, 0.4) is 0 Å². The Bertz CT molecular complexity index is 784. The van der Waals surface area contributed by atoms with Gasteiger partial charge in [0.1, 0.15) is 5.75 Å². The van der Waals surface area contributed by atoms with E-state index < -0.39 is 17.8 Å². The normalized spacial score (nSPS) is 9.92. The predicted octanol–water partition coefficient (Wildman–Crippen LogP) is 2.37. The van der Waals surface area contributed by atoms with E-state index in [0.717, 1.165) is 0 Å². The van der Waals surface area contributed by atoms with Gasteiger partial charge in [0.05, 0.1) is 5.69 Å². The van der Waals surface area contributed by atoms with Gasteiger partial charge in [-0.15, -0.1) is 0 Å². The van der Waals surface area contributed by atoms with Crippen molar-refractivity contribution >= 4 is 29.2 Å². The second-order valence-corrected chi connectivity index (χ2v) is 4.92. The molecule has 2 aromatic carbocycles. The number of hydrogen-bond acceptors (Lipinski definition) is 6. The molecule has 124 valence electrons. The topological polar surface area (TPSA) is 108 Å². The molecule has 24 heavy (non-hydrogen) atoms. The fourth-order valence-corrected chi connectivity index (χ4v) is 1.92. The molecule has 0 saturated heterocycles. The molecule has 7 nitrogen and oxygen atoms in total. The molecule has 0 fully saturated rings. The first-order chi connectivity index (χ1) is 11.3. The van der Waals surface area contributed by atoms with E-state index in [1.165, 1.54) is 50.2 Å². The molecule has 0 aliphatic carbocycles. The van der Waals surface area contributed by atoms with Crippen molar-refractivity contribution in [1.82, 2.24) is 0 Å². The molecule has 0 aliphatic rings. The van der Waals surface area contributed by atoms with Crippen LogP contribution in [0.25, 0.3) is 0 Å². The number of nitrogens with one attached hydrogen (secondary N) is 1. The summed E-state index contributed by atoms with van der Waals surface area (Å²) in [5.41, 5.74) is 6.72.